The average Bonchev–Trinajstić information content (AvgIpc) is 3.40. The lowest BCUT2D eigenvalue weighted by atomic mass is 9.98. The zero-order valence-corrected chi connectivity index (χ0v) is 18.3. The molecule has 1 saturated heterocycles. The number of hydrogen-bond acceptors (Lipinski definition) is 4. The minimum Gasteiger partial charge on any atom is -0.480 e. The molecule has 0 aromatic heterocycles. The van der Waals surface area contributed by atoms with Crippen LogP contribution in [0.3, 0.4) is 0 Å². The molecular formula is C24H23F3N2O5. The van der Waals surface area contributed by atoms with Crippen molar-refractivity contribution in [1.82, 2.24) is 10.2 Å². The van der Waals surface area contributed by atoms with Crippen LogP contribution in [0.15, 0.2) is 48.5 Å². The third kappa shape index (κ3) is 3.97. The molecule has 4 rings (SSSR count). The van der Waals surface area contributed by atoms with Gasteiger partial charge in [-0.05, 0) is 42.0 Å². The van der Waals surface area contributed by atoms with Crippen molar-refractivity contribution in [2.24, 2.45) is 0 Å². The molecule has 0 bridgehead atoms. The Hall–Kier alpha value is -3.56. The first-order chi connectivity index (χ1) is 16.0. The smallest absolute Gasteiger partial charge is 0.420 e. The number of rotatable bonds is 5. The largest absolute Gasteiger partial charge is 0.480 e. The van der Waals surface area contributed by atoms with Crippen LogP contribution >= 0.6 is 0 Å². The van der Waals surface area contributed by atoms with Gasteiger partial charge in [-0.15, -0.1) is 0 Å². The zero-order chi connectivity index (χ0) is 24.7. The second-order valence-electron chi connectivity index (χ2n) is 8.57. The van der Waals surface area contributed by atoms with E-state index in [1.807, 2.05) is 48.5 Å². The molecule has 2 N–H and O–H groups in total. The molecule has 0 radical (unpaired) electrons. The predicted octanol–water partition coefficient (Wildman–Crippen LogP) is 3.92. The van der Waals surface area contributed by atoms with Crippen LogP contribution in [-0.2, 0) is 14.3 Å². The van der Waals surface area contributed by atoms with Crippen LogP contribution in [-0.4, -0.2) is 58.9 Å². The molecule has 1 aliphatic carbocycles. The number of carboxylic acid groups (broad SMARTS) is 1. The lowest BCUT2D eigenvalue weighted by molar-refractivity contribution is -0.201. The minimum atomic E-state index is -5.18. The van der Waals surface area contributed by atoms with Crippen LogP contribution in [0, 0.1) is 0 Å². The quantitative estimate of drug-likeness (QED) is 0.682. The van der Waals surface area contributed by atoms with E-state index in [1.54, 1.807) is 5.32 Å². The predicted molar refractivity (Wildman–Crippen MR) is 115 cm³/mol. The van der Waals surface area contributed by atoms with Crippen molar-refractivity contribution >= 4 is 18.0 Å². The van der Waals surface area contributed by atoms with E-state index in [1.165, 1.54) is 0 Å². The Morgan fingerprint density at radius 3 is 2.15 bits per heavy atom. The van der Waals surface area contributed by atoms with E-state index in [0.717, 1.165) is 22.3 Å². The highest BCUT2D eigenvalue weighted by molar-refractivity contribution is 5.93. The monoisotopic (exact) mass is 476 g/mol. The van der Waals surface area contributed by atoms with E-state index in [0.29, 0.717) is 11.8 Å². The molecule has 2 aliphatic rings. The maximum atomic E-state index is 14.0. The van der Waals surface area contributed by atoms with Crippen LogP contribution in [0.2, 0.25) is 0 Å². The number of fused-ring (bicyclic) bond motifs is 3. The number of likely N-dealkylation sites (tertiary alicyclic amines) is 1. The number of carboxylic acids is 1. The second-order valence-corrected chi connectivity index (χ2v) is 8.57. The number of amides is 2. The van der Waals surface area contributed by atoms with Gasteiger partial charge in [-0.3, -0.25) is 10.1 Å². The number of aliphatic carboxylic acids is 1. The molecule has 2 aromatic rings. The van der Waals surface area contributed by atoms with Crippen LogP contribution in [0.4, 0.5) is 18.0 Å². The molecule has 10 heteroatoms. The topological polar surface area (TPSA) is 95.9 Å². The number of ether oxygens (including phenoxy) is 1. The number of benzene rings is 2. The van der Waals surface area contributed by atoms with Gasteiger partial charge in [0.05, 0.1) is 0 Å². The molecule has 2 aromatic carbocycles. The first kappa shape index (κ1) is 23.6. The van der Waals surface area contributed by atoms with Crippen LogP contribution in [0.1, 0.15) is 36.8 Å². The minimum absolute atomic E-state index is 0.0416. The van der Waals surface area contributed by atoms with E-state index in [-0.39, 0.29) is 31.9 Å². The zero-order valence-electron chi connectivity index (χ0n) is 18.3. The van der Waals surface area contributed by atoms with E-state index < -0.39 is 35.7 Å². The highest BCUT2D eigenvalue weighted by Crippen LogP contribution is 2.44. The van der Waals surface area contributed by atoms with Gasteiger partial charge in [0.2, 0.25) is 5.54 Å². The fraction of sp³-hybridized carbons (Fsp3) is 0.375. The van der Waals surface area contributed by atoms with Crippen molar-refractivity contribution in [3.05, 3.63) is 59.7 Å². The molecule has 0 spiro atoms. The van der Waals surface area contributed by atoms with Gasteiger partial charge in [-0.1, -0.05) is 48.5 Å². The third-order valence-electron chi connectivity index (χ3n) is 6.49. The van der Waals surface area contributed by atoms with E-state index in [9.17, 15) is 32.7 Å². The first-order valence-electron chi connectivity index (χ1n) is 10.8. The first-order valence-corrected chi connectivity index (χ1v) is 10.8. The molecule has 1 unspecified atom stereocenters. The Morgan fingerprint density at radius 2 is 1.62 bits per heavy atom. The summed E-state index contributed by atoms with van der Waals surface area (Å²) in [5.41, 5.74) is 0.334. The van der Waals surface area contributed by atoms with Crippen LogP contribution in [0.5, 0.6) is 0 Å². The molecule has 1 heterocycles. The maximum Gasteiger partial charge on any atom is 0.420 e. The molecule has 180 valence electrons. The lowest BCUT2D eigenvalue weighted by Crippen LogP contribution is -2.66. The summed E-state index contributed by atoms with van der Waals surface area (Å²) in [5.74, 6) is -3.30. The fourth-order valence-corrected chi connectivity index (χ4v) is 4.64. The van der Waals surface area contributed by atoms with E-state index in [4.69, 9.17) is 4.74 Å². The van der Waals surface area contributed by atoms with Gasteiger partial charge in [-0.2, -0.15) is 13.2 Å². The van der Waals surface area contributed by atoms with Crippen molar-refractivity contribution in [1.29, 1.82) is 0 Å². The number of hydrogen-bond donors (Lipinski definition) is 2. The summed E-state index contributed by atoms with van der Waals surface area (Å²) in [7, 11) is 0. The summed E-state index contributed by atoms with van der Waals surface area (Å²) in [6, 6.07) is 13.6. The molecule has 1 fully saturated rings. The third-order valence-corrected chi connectivity index (χ3v) is 6.49. The number of halogens is 3. The van der Waals surface area contributed by atoms with Gasteiger partial charge in [0.15, 0.2) is 0 Å². The second kappa shape index (κ2) is 8.66. The Labute approximate surface area is 193 Å². The Morgan fingerprint density at radius 1 is 1.06 bits per heavy atom. The fourth-order valence-electron chi connectivity index (χ4n) is 4.64. The van der Waals surface area contributed by atoms with Crippen molar-refractivity contribution < 1.29 is 37.4 Å². The van der Waals surface area contributed by atoms with Crippen molar-refractivity contribution in [2.75, 3.05) is 13.2 Å². The summed E-state index contributed by atoms with van der Waals surface area (Å²) < 4.78 is 47.1. The number of carbonyl (C=O) groups is 3. The lowest BCUT2D eigenvalue weighted by Gasteiger charge is -2.36. The summed E-state index contributed by atoms with van der Waals surface area (Å²) in [6.07, 6.45) is -6.30. The molecule has 0 saturated carbocycles. The van der Waals surface area contributed by atoms with Gasteiger partial charge < -0.3 is 14.7 Å². The molecular weight excluding hydrogens is 453 g/mol. The SMILES string of the molecule is CC(NC(=O)OCC1c2ccccc2-c2ccccc21)(C(=O)N1CCC[C@H]1C(=O)O)C(F)(F)F. The van der Waals surface area contributed by atoms with E-state index >= 15 is 0 Å². The van der Waals surface area contributed by atoms with Gasteiger partial charge in [0, 0.05) is 12.5 Å². The van der Waals surface area contributed by atoms with Gasteiger partial charge in [0.25, 0.3) is 5.91 Å². The molecule has 34 heavy (non-hydrogen) atoms. The van der Waals surface area contributed by atoms with Crippen molar-refractivity contribution in [3.8, 4) is 11.1 Å². The Balaban J connectivity index is 1.52. The maximum absolute atomic E-state index is 14.0. The highest BCUT2D eigenvalue weighted by atomic mass is 19.4. The number of nitrogens with one attached hydrogen (secondary N) is 1. The Bertz CT molecular complexity index is 1090. The number of alkyl halides is 3. The van der Waals surface area contributed by atoms with Gasteiger partial charge in [-0.25, -0.2) is 9.59 Å². The average molecular weight is 476 g/mol. The van der Waals surface area contributed by atoms with Crippen LogP contribution in [0.25, 0.3) is 11.1 Å². The molecule has 7 nitrogen and oxygen atoms in total. The number of alkyl carbamates (subject to hydrolysis) is 1. The molecule has 2 atom stereocenters. The highest BCUT2D eigenvalue weighted by Gasteiger charge is 2.61. The van der Waals surface area contributed by atoms with E-state index in [2.05, 4.69) is 0 Å². The summed E-state index contributed by atoms with van der Waals surface area (Å²) >= 11 is 0. The summed E-state index contributed by atoms with van der Waals surface area (Å²) in [5, 5.41) is 10.9. The number of carbonyl (C=O) groups excluding carboxylic acids is 2. The Kier molecular flexibility index (Phi) is 6.01. The summed E-state index contributed by atoms with van der Waals surface area (Å²) in [4.78, 5) is 37.4. The normalized spacial score (nSPS) is 19.2. The van der Waals surface area contributed by atoms with Gasteiger partial charge >= 0.3 is 18.2 Å². The molecule has 2 amide bonds. The molecule has 1 aliphatic heterocycles. The van der Waals surface area contributed by atoms with Gasteiger partial charge in [0.1, 0.15) is 12.6 Å². The number of nitrogens with zero attached hydrogens (tertiary/aromatic N) is 1. The summed E-state index contributed by atoms with van der Waals surface area (Å²) in [6.45, 7) is 0.144. The van der Waals surface area contributed by atoms with Crippen LogP contribution < -0.4 is 5.32 Å². The van der Waals surface area contributed by atoms with Crippen molar-refractivity contribution in [2.45, 2.75) is 43.4 Å². The van der Waals surface area contributed by atoms with Crippen molar-refractivity contribution in [3.63, 3.8) is 0 Å². The standard InChI is InChI=1S/C24H23F3N2O5/c1-23(24(25,26)27,21(32)29-12-6-11-19(29)20(30)31)28-22(33)34-13-18-16-9-4-2-7-14(16)15-8-3-5-10-17(15)18/h2-5,7-10,18-19H,6,11-13H2,1H3,(H,28,33)(H,30,31)/t19-,23?/m0/s1.